The van der Waals surface area contributed by atoms with Crippen molar-refractivity contribution >= 4 is 5.69 Å². The van der Waals surface area contributed by atoms with Gasteiger partial charge in [-0.15, -0.1) is 0 Å². The van der Waals surface area contributed by atoms with Gasteiger partial charge in [0.25, 0.3) is 0 Å². The van der Waals surface area contributed by atoms with Crippen LogP contribution in [0.3, 0.4) is 0 Å². The third-order valence-electron chi connectivity index (χ3n) is 3.52. The van der Waals surface area contributed by atoms with Crippen LogP contribution in [-0.2, 0) is 0 Å². The van der Waals surface area contributed by atoms with Crippen LogP contribution in [-0.4, -0.2) is 36.6 Å². The first-order valence-electron chi connectivity index (χ1n) is 6.55. The molecule has 0 radical (unpaired) electrons. The third kappa shape index (κ3) is 4.00. The Hall–Kier alpha value is -1.09. The highest BCUT2D eigenvalue weighted by Gasteiger charge is 2.21. The molecule has 1 heterocycles. The van der Waals surface area contributed by atoms with Crippen molar-refractivity contribution in [2.45, 2.75) is 31.7 Å². The number of hydrogen-bond acceptors (Lipinski definition) is 3. The third-order valence-corrected chi connectivity index (χ3v) is 3.52. The van der Waals surface area contributed by atoms with E-state index in [1.54, 1.807) is 0 Å². The molecule has 0 aliphatic heterocycles. The Morgan fingerprint density at radius 2 is 1.82 bits per heavy atom. The van der Waals surface area contributed by atoms with Crippen molar-refractivity contribution in [1.29, 1.82) is 0 Å². The first-order valence-corrected chi connectivity index (χ1v) is 6.55. The van der Waals surface area contributed by atoms with Crippen molar-refractivity contribution in [3.8, 4) is 0 Å². The van der Waals surface area contributed by atoms with E-state index in [0.717, 1.165) is 5.92 Å². The molecule has 1 fully saturated rings. The molecule has 1 aliphatic rings. The maximum Gasteiger partial charge on any atom is 0.0373 e. The van der Waals surface area contributed by atoms with E-state index >= 15 is 0 Å². The molecule has 1 N–H and O–H groups in total. The highest BCUT2D eigenvalue weighted by molar-refractivity contribution is 5.41. The summed E-state index contributed by atoms with van der Waals surface area (Å²) in [4.78, 5) is 6.34. The van der Waals surface area contributed by atoms with Gasteiger partial charge in [-0.25, -0.2) is 0 Å². The molecule has 2 rings (SSSR count). The van der Waals surface area contributed by atoms with Gasteiger partial charge in [-0.1, -0.05) is 0 Å². The summed E-state index contributed by atoms with van der Waals surface area (Å²) in [6, 6.07) is 4.74. The van der Waals surface area contributed by atoms with Crippen molar-refractivity contribution < 1.29 is 0 Å². The van der Waals surface area contributed by atoms with Crippen LogP contribution in [0.2, 0.25) is 0 Å². The number of rotatable bonds is 4. The molecule has 1 saturated carbocycles. The lowest BCUT2D eigenvalue weighted by Gasteiger charge is -2.31. The van der Waals surface area contributed by atoms with Gasteiger partial charge in [-0.2, -0.15) is 0 Å². The van der Waals surface area contributed by atoms with Crippen LogP contribution in [0, 0.1) is 5.92 Å². The Bertz CT molecular complexity index is 315. The largest absolute Gasteiger partial charge is 0.382 e. The number of nitrogens with zero attached hydrogens (tertiary/aromatic N) is 2. The molecule has 1 aromatic heterocycles. The zero-order chi connectivity index (χ0) is 12.1. The fourth-order valence-corrected chi connectivity index (χ4v) is 2.69. The maximum absolute atomic E-state index is 4.04. The summed E-state index contributed by atoms with van der Waals surface area (Å²) in [6.45, 7) is 1.24. The molecule has 3 nitrogen and oxygen atoms in total. The smallest absolute Gasteiger partial charge is 0.0373 e. The van der Waals surface area contributed by atoms with Gasteiger partial charge < -0.3 is 10.2 Å². The average Bonchev–Trinajstić information content (AvgIpc) is 2.32. The minimum atomic E-state index is 0.649. The van der Waals surface area contributed by atoms with Crippen LogP contribution >= 0.6 is 0 Å². The summed E-state index contributed by atoms with van der Waals surface area (Å²) in [6.07, 6.45) is 8.98. The van der Waals surface area contributed by atoms with E-state index in [2.05, 4.69) is 29.3 Å². The number of aromatic nitrogens is 1. The monoisotopic (exact) mass is 233 g/mol. The second-order valence-electron chi connectivity index (χ2n) is 5.36. The van der Waals surface area contributed by atoms with Gasteiger partial charge in [-0.05, 0) is 57.8 Å². The molecule has 17 heavy (non-hydrogen) atoms. The number of nitrogens with one attached hydrogen (secondary N) is 1. The number of pyridine rings is 1. The molecule has 0 aromatic carbocycles. The summed E-state index contributed by atoms with van der Waals surface area (Å²) >= 11 is 0. The van der Waals surface area contributed by atoms with E-state index in [-0.39, 0.29) is 0 Å². The molecular weight excluding hydrogens is 210 g/mol. The van der Waals surface area contributed by atoms with E-state index in [0.29, 0.717) is 6.04 Å². The normalized spacial score (nSPS) is 24.9. The van der Waals surface area contributed by atoms with Gasteiger partial charge in [0.05, 0.1) is 0 Å². The van der Waals surface area contributed by atoms with Crippen molar-refractivity contribution in [2.75, 3.05) is 26.0 Å². The molecule has 0 spiro atoms. The van der Waals surface area contributed by atoms with Crippen LogP contribution in [0.5, 0.6) is 0 Å². The van der Waals surface area contributed by atoms with Gasteiger partial charge in [0.15, 0.2) is 0 Å². The SMILES string of the molecule is CN(C)CC1CCC(Nc2ccncc2)CC1. The molecular formula is C14H23N3. The van der Waals surface area contributed by atoms with E-state index in [1.807, 2.05) is 24.5 Å². The van der Waals surface area contributed by atoms with Gasteiger partial charge >= 0.3 is 0 Å². The predicted octanol–water partition coefficient (Wildman–Crippen LogP) is 2.61. The maximum atomic E-state index is 4.04. The molecule has 3 heteroatoms. The molecule has 1 aliphatic carbocycles. The highest BCUT2D eigenvalue weighted by atomic mass is 15.1. The Labute approximate surface area is 104 Å². The summed E-state index contributed by atoms with van der Waals surface area (Å²) in [5, 5.41) is 3.60. The van der Waals surface area contributed by atoms with E-state index in [9.17, 15) is 0 Å². The molecule has 0 amide bonds. The van der Waals surface area contributed by atoms with E-state index in [1.165, 1.54) is 37.9 Å². The lowest BCUT2D eigenvalue weighted by molar-refractivity contribution is 0.255. The Balaban J connectivity index is 1.76. The predicted molar refractivity (Wildman–Crippen MR) is 72.2 cm³/mol. The van der Waals surface area contributed by atoms with Crippen molar-refractivity contribution in [3.05, 3.63) is 24.5 Å². The fraction of sp³-hybridized carbons (Fsp3) is 0.643. The van der Waals surface area contributed by atoms with Crippen LogP contribution in [0.15, 0.2) is 24.5 Å². The first kappa shape index (κ1) is 12.4. The minimum Gasteiger partial charge on any atom is -0.382 e. The van der Waals surface area contributed by atoms with Gasteiger partial charge in [0.1, 0.15) is 0 Å². The summed E-state index contributed by atoms with van der Waals surface area (Å²) in [5.74, 6) is 0.889. The average molecular weight is 233 g/mol. The first-order chi connectivity index (χ1) is 8.24. The number of anilines is 1. The van der Waals surface area contributed by atoms with Crippen LogP contribution < -0.4 is 5.32 Å². The molecule has 0 saturated heterocycles. The quantitative estimate of drug-likeness (QED) is 0.866. The van der Waals surface area contributed by atoms with Gasteiger partial charge in [0.2, 0.25) is 0 Å². The van der Waals surface area contributed by atoms with Crippen molar-refractivity contribution in [3.63, 3.8) is 0 Å². The zero-order valence-electron chi connectivity index (χ0n) is 10.9. The molecule has 0 atom stereocenters. The Morgan fingerprint density at radius 3 is 2.41 bits per heavy atom. The second kappa shape index (κ2) is 6.01. The molecule has 0 bridgehead atoms. The minimum absolute atomic E-state index is 0.649. The second-order valence-corrected chi connectivity index (χ2v) is 5.36. The van der Waals surface area contributed by atoms with Crippen molar-refractivity contribution in [1.82, 2.24) is 9.88 Å². The zero-order valence-corrected chi connectivity index (χ0v) is 10.9. The Morgan fingerprint density at radius 1 is 1.18 bits per heavy atom. The van der Waals surface area contributed by atoms with E-state index in [4.69, 9.17) is 0 Å². The fourth-order valence-electron chi connectivity index (χ4n) is 2.69. The van der Waals surface area contributed by atoms with Gasteiger partial charge in [0, 0.05) is 30.7 Å². The van der Waals surface area contributed by atoms with Crippen molar-refractivity contribution in [2.24, 2.45) is 5.92 Å². The lowest BCUT2D eigenvalue weighted by atomic mass is 9.85. The summed E-state index contributed by atoms with van der Waals surface area (Å²) < 4.78 is 0. The standard InChI is InChI=1S/C14H23N3/c1-17(2)11-12-3-5-13(6-4-12)16-14-7-9-15-10-8-14/h7-10,12-13H,3-6,11H2,1-2H3,(H,15,16). The highest BCUT2D eigenvalue weighted by Crippen LogP contribution is 2.26. The van der Waals surface area contributed by atoms with Crippen LogP contribution in [0.1, 0.15) is 25.7 Å². The number of hydrogen-bond donors (Lipinski definition) is 1. The molecule has 0 unspecified atom stereocenters. The summed E-state index contributed by atoms with van der Waals surface area (Å²) in [7, 11) is 4.34. The van der Waals surface area contributed by atoms with E-state index < -0.39 is 0 Å². The topological polar surface area (TPSA) is 28.2 Å². The molecule has 94 valence electrons. The summed E-state index contributed by atoms with van der Waals surface area (Å²) in [5.41, 5.74) is 1.20. The lowest BCUT2D eigenvalue weighted by Crippen LogP contribution is -2.30. The van der Waals surface area contributed by atoms with Crippen LogP contribution in [0.4, 0.5) is 5.69 Å². The molecule has 1 aromatic rings. The van der Waals surface area contributed by atoms with Gasteiger partial charge in [-0.3, -0.25) is 4.98 Å². The van der Waals surface area contributed by atoms with Crippen LogP contribution in [0.25, 0.3) is 0 Å². The Kier molecular flexibility index (Phi) is 4.37.